The van der Waals surface area contributed by atoms with Gasteiger partial charge in [0.05, 0.1) is 29.3 Å². The average Bonchev–Trinajstić information content (AvgIpc) is 3.02. The number of aromatic nitrogens is 2. The highest BCUT2D eigenvalue weighted by atomic mass is 16.2. The number of fused-ring (bicyclic) bond motifs is 2. The summed E-state index contributed by atoms with van der Waals surface area (Å²) >= 11 is 0. The summed E-state index contributed by atoms with van der Waals surface area (Å²) < 4.78 is 1.99. The number of hydrogen-bond donors (Lipinski definition) is 2. The number of Topliss-reactive ketones (excluding diaryl/α,β-unsaturated/α-hetero) is 1. The number of nitrogens with zero attached hydrogens (tertiary/aromatic N) is 2. The molecule has 2 heterocycles. The lowest BCUT2D eigenvalue weighted by atomic mass is 9.92. The third-order valence-corrected chi connectivity index (χ3v) is 5.70. The van der Waals surface area contributed by atoms with Gasteiger partial charge in [0, 0.05) is 31.0 Å². The zero-order valence-corrected chi connectivity index (χ0v) is 15.1. The molecule has 7 heteroatoms. The van der Waals surface area contributed by atoms with Crippen LogP contribution in [0.15, 0.2) is 43.0 Å². The highest BCUT2D eigenvalue weighted by Gasteiger charge is 2.73. The van der Waals surface area contributed by atoms with Crippen molar-refractivity contribution in [3.63, 3.8) is 0 Å². The second-order valence-electron chi connectivity index (χ2n) is 7.40. The Hall–Kier alpha value is -2.96. The number of anilines is 1. The molecular weight excluding hydrogens is 344 g/mol. The second kappa shape index (κ2) is 6.64. The predicted molar refractivity (Wildman–Crippen MR) is 99.0 cm³/mol. The van der Waals surface area contributed by atoms with E-state index in [0.717, 1.165) is 19.4 Å². The van der Waals surface area contributed by atoms with Gasteiger partial charge < -0.3 is 15.2 Å². The van der Waals surface area contributed by atoms with E-state index in [1.807, 2.05) is 10.8 Å². The molecule has 2 amide bonds. The van der Waals surface area contributed by atoms with Crippen LogP contribution in [-0.2, 0) is 16.1 Å². The van der Waals surface area contributed by atoms with Crippen LogP contribution in [0.3, 0.4) is 0 Å². The molecule has 2 N–H and O–H groups in total. The molecule has 0 radical (unpaired) electrons. The number of ketones is 1. The van der Waals surface area contributed by atoms with Gasteiger partial charge in [0.25, 0.3) is 0 Å². The lowest BCUT2D eigenvalue weighted by molar-refractivity contribution is -0.125. The molecule has 1 aromatic carbocycles. The van der Waals surface area contributed by atoms with Crippen LogP contribution in [0.5, 0.6) is 0 Å². The van der Waals surface area contributed by atoms with E-state index >= 15 is 0 Å². The van der Waals surface area contributed by atoms with Gasteiger partial charge in [-0.25, -0.2) is 4.98 Å². The van der Waals surface area contributed by atoms with Gasteiger partial charge in [-0.2, -0.15) is 0 Å². The number of carbonyl (C=O) groups is 3. The van der Waals surface area contributed by atoms with Crippen molar-refractivity contribution in [3.8, 4) is 0 Å². The van der Waals surface area contributed by atoms with Crippen LogP contribution in [0.25, 0.3) is 0 Å². The number of unbranched alkanes of at least 4 members (excludes halogenated alkanes) is 1. The number of amides is 2. The number of nitrogens with one attached hydrogen (secondary N) is 2. The molecular formula is C20H22N4O3. The molecule has 2 aromatic rings. The van der Waals surface area contributed by atoms with Gasteiger partial charge in [-0.3, -0.25) is 14.4 Å². The summed E-state index contributed by atoms with van der Waals surface area (Å²) in [5.74, 6) is -1.82. The van der Waals surface area contributed by atoms with Crippen molar-refractivity contribution in [3.05, 3.63) is 48.5 Å². The van der Waals surface area contributed by atoms with E-state index in [4.69, 9.17) is 0 Å². The largest absolute Gasteiger partial charge is 0.356 e. The maximum Gasteiger partial charge on any atom is 0.229 e. The highest BCUT2D eigenvalue weighted by Crippen LogP contribution is 2.62. The molecule has 1 aromatic heterocycles. The lowest BCUT2D eigenvalue weighted by Crippen LogP contribution is -2.30. The lowest BCUT2D eigenvalue weighted by Gasteiger charge is -2.12. The zero-order valence-electron chi connectivity index (χ0n) is 15.1. The van der Waals surface area contributed by atoms with E-state index in [-0.39, 0.29) is 17.6 Å². The fourth-order valence-electron chi connectivity index (χ4n) is 4.09. The Morgan fingerprint density at radius 3 is 2.89 bits per heavy atom. The Morgan fingerprint density at radius 1 is 1.30 bits per heavy atom. The normalized spacial score (nSPS) is 25.8. The van der Waals surface area contributed by atoms with E-state index in [2.05, 4.69) is 15.6 Å². The van der Waals surface area contributed by atoms with Crippen LogP contribution in [-0.4, -0.2) is 33.7 Å². The highest BCUT2D eigenvalue weighted by molar-refractivity contribution is 6.19. The van der Waals surface area contributed by atoms with Gasteiger partial charge in [0.15, 0.2) is 5.78 Å². The molecule has 2 aliphatic rings. The molecule has 3 atom stereocenters. The summed E-state index contributed by atoms with van der Waals surface area (Å²) in [6, 6.07) is 6.97. The van der Waals surface area contributed by atoms with Crippen LogP contribution >= 0.6 is 0 Å². The third kappa shape index (κ3) is 2.93. The zero-order chi connectivity index (χ0) is 19.0. The van der Waals surface area contributed by atoms with Crippen molar-refractivity contribution in [2.45, 2.75) is 26.3 Å². The molecule has 7 nitrogen and oxygen atoms in total. The number of rotatable bonds is 6. The van der Waals surface area contributed by atoms with Crippen LogP contribution in [0, 0.1) is 17.3 Å². The molecule has 0 saturated heterocycles. The van der Waals surface area contributed by atoms with Crippen molar-refractivity contribution in [1.29, 1.82) is 0 Å². The number of benzene rings is 1. The Morgan fingerprint density at radius 2 is 2.11 bits per heavy atom. The first-order chi connectivity index (χ1) is 13.0. The first-order valence-electron chi connectivity index (χ1n) is 9.21. The number of imidazole rings is 1. The van der Waals surface area contributed by atoms with Crippen molar-refractivity contribution < 1.29 is 14.4 Å². The van der Waals surface area contributed by atoms with Gasteiger partial charge in [0.1, 0.15) is 0 Å². The molecule has 140 valence electrons. The van der Waals surface area contributed by atoms with E-state index in [1.54, 1.807) is 43.7 Å². The first-order valence-corrected chi connectivity index (χ1v) is 9.21. The summed E-state index contributed by atoms with van der Waals surface area (Å²) in [6.45, 7) is 3.10. The smallest absolute Gasteiger partial charge is 0.229 e. The summed E-state index contributed by atoms with van der Waals surface area (Å²) in [6.07, 6.45) is 7.13. The Balaban J connectivity index is 1.37. The monoisotopic (exact) mass is 366 g/mol. The van der Waals surface area contributed by atoms with E-state index < -0.39 is 17.3 Å². The minimum absolute atomic E-state index is 0.137. The SMILES string of the molecule is C[C@]12C(=O)c3ccccc3NC(=O)[C@@H]1[C@H]2C(=O)NCCCCn1ccnc1. The van der Waals surface area contributed by atoms with Gasteiger partial charge in [-0.05, 0) is 25.0 Å². The van der Waals surface area contributed by atoms with E-state index in [0.29, 0.717) is 17.8 Å². The number of para-hydroxylation sites is 1. The van der Waals surface area contributed by atoms with E-state index in [9.17, 15) is 14.4 Å². The molecule has 0 spiro atoms. The molecule has 4 rings (SSSR count). The molecule has 1 aliphatic heterocycles. The average molecular weight is 366 g/mol. The van der Waals surface area contributed by atoms with Crippen LogP contribution in [0.4, 0.5) is 5.69 Å². The number of aryl methyl sites for hydroxylation is 1. The Labute approximate surface area is 157 Å². The third-order valence-electron chi connectivity index (χ3n) is 5.70. The van der Waals surface area contributed by atoms with Crippen LogP contribution in [0.1, 0.15) is 30.1 Å². The second-order valence-corrected chi connectivity index (χ2v) is 7.40. The summed E-state index contributed by atoms with van der Waals surface area (Å²) in [5.41, 5.74) is 0.0449. The number of carbonyl (C=O) groups excluding carboxylic acids is 3. The van der Waals surface area contributed by atoms with Gasteiger partial charge in [-0.15, -0.1) is 0 Å². The molecule has 27 heavy (non-hydrogen) atoms. The van der Waals surface area contributed by atoms with Gasteiger partial charge >= 0.3 is 0 Å². The Bertz CT molecular complexity index is 892. The summed E-state index contributed by atoms with van der Waals surface area (Å²) in [4.78, 5) is 42.1. The van der Waals surface area contributed by atoms with Crippen molar-refractivity contribution in [1.82, 2.24) is 14.9 Å². The molecule has 0 unspecified atom stereocenters. The first kappa shape index (κ1) is 17.5. The van der Waals surface area contributed by atoms with Crippen molar-refractivity contribution in [2.24, 2.45) is 17.3 Å². The fraction of sp³-hybridized carbons (Fsp3) is 0.400. The quantitative estimate of drug-likeness (QED) is 0.763. The van der Waals surface area contributed by atoms with Crippen molar-refractivity contribution >= 4 is 23.3 Å². The summed E-state index contributed by atoms with van der Waals surface area (Å²) in [7, 11) is 0. The molecule has 0 bridgehead atoms. The van der Waals surface area contributed by atoms with E-state index in [1.165, 1.54) is 0 Å². The topological polar surface area (TPSA) is 93.1 Å². The van der Waals surface area contributed by atoms with Crippen LogP contribution < -0.4 is 10.6 Å². The maximum absolute atomic E-state index is 13.0. The van der Waals surface area contributed by atoms with Crippen molar-refractivity contribution in [2.75, 3.05) is 11.9 Å². The van der Waals surface area contributed by atoms with Gasteiger partial charge in [0.2, 0.25) is 11.8 Å². The molecule has 1 fully saturated rings. The summed E-state index contributed by atoms with van der Waals surface area (Å²) in [5, 5.41) is 5.69. The molecule has 1 saturated carbocycles. The van der Waals surface area contributed by atoms with Crippen LogP contribution in [0.2, 0.25) is 0 Å². The van der Waals surface area contributed by atoms with Gasteiger partial charge in [-0.1, -0.05) is 19.1 Å². The fourth-order valence-corrected chi connectivity index (χ4v) is 4.09. The number of hydrogen-bond acceptors (Lipinski definition) is 4. The minimum atomic E-state index is -0.961. The standard InChI is InChI=1S/C20H22N4O3/c1-20-15(18(26)22-8-4-5-10-24-11-9-21-12-24)16(20)19(27)23-14-7-3-2-6-13(14)17(20)25/h2-3,6-7,9,11-12,15-16H,4-5,8,10H2,1H3,(H,22,26)(H,23,27)/t15-,16-,20+/m0/s1. The maximum atomic E-state index is 13.0. The predicted octanol–water partition coefficient (Wildman–Crippen LogP) is 1.87. The molecule has 1 aliphatic carbocycles. The minimum Gasteiger partial charge on any atom is -0.356 e. The Kier molecular flexibility index (Phi) is 4.30.